The van der Waals surface area contributed by atoms with Gasteiger partial charge in [0.1, 0.15) is 0 Å². The predicted molar refractivity (Wildman–Crippen MR) is 65.4 cm³/mol. The quantitative estimate of drug-likeness (QED) is 0.645. The van der Waals surface area contributed by atoms with Gasteiger partial charge in [0.05, 0.1) is 0 Å². The van der Waals surface area contributed by atoms with Gasteiger partial charge in [-0.1, -0.05) is 41.2 Å². The first kappa shape index (κ1) is 13.5. The van der Waals surface area contributed by atoms with Gasteiger partial charge < -0.3 is 4.90 Å². The van der Waals surface area contributed by atoms with Crippen molar-refractivity contribution in [3.05, 3.63) is 12.3 Å². The number of allylic oxidation sites excluding steroid dienone is 1. The van der Waals surface area contributed by atoms with Gasteiger partial charge in [-0.15, -0.1) is 0 Å². The molecule has 0 unspecified atom stereocenters. The number of likely N-dealkylation sites (tertiary alicyclic amines) is 1. The van der Waals surface area contributed by atoms with E-state index in [4.69, 9.17) is 0 Å². The van der Waals surface area contributed by atoms with Crippen LogP contribution in [0.2, 0.25) is 0 Å². The van der Waals surface area contributed by atoms with E-state index in [1.165, 1.54) is 31.6 Å². The molecule has 0 amide bonds. The molecule has 1 heteroatoms. The summed E-state index contributed by atoms with van der Waals surface area (Å²) in [6.45, 7) is 17.4. The summed E-state index contributed by atoms with van der Waals surface area (Å²) in [6.07, 6.45) is 3.83. The van der Waals surface area contributed by atoms with Crippen LogP contribution in [0.1, 0.15) is 53.9 Å². The summed E-state index contributed by atoms with van der Waals surface area (Å²) >= 11 is 0. The van der Waals surface area contributed by atoms with Crippen LogP contribution in [0.5, 0.6) is 0 Å². The zero-order valence-electron chi connectivity index (χ0n) is 10.7. The Bertz CT molecular complexity index is 159. The molecule has 0 atom stereocenters. The second-order valence-corrected chi connectivity index (χ2v) is 5.00. The zero-order valence-corrected chi connectivity index (χ0v) is 10.7. The van der Waals surface area contributed by atoms with Gasteiger partial charge in [0.15, 0.2) is 0 Å². The van der Waals surface area contributed by atoms with E-state index in [0.29, 0.717) is 5.41 Å². The Hall–Kier alpha value is -0.460. The van der Waals surface area contributed by atoms with E-state index in [9.17, 15) is 0 Å². The largest absolute Gasteiger partial charge is 0.375 e. The van der Waals surface area contributed by atoms with Crippen LogP contribution in [0.3, 0.4) is 0 Å². The third kappa shape index (κ3) is 5.31. The molecule has 1 fully saturated rings. The fourth-order valence-electron chi connectivity index (χ4n) is 1.76. The Morgan fingerprint density at radius 3 is 1.93 bits per heavy atom. The van der Waals surface area contributed by atoms with E-state index in [2.05, 4.69) is 32.3 Å². The van der Waals surface area contributed by atoms with Crippen molar-refractivity contribution in [1.29, 1.82) is 0 Å². The minimum Gasteiger partial charge on any atom is -0.375 e. The molecule has 1 aliphatic rings. The van der Waals surface area contributed by atoms with Crippen molar-refractivity contribution in [2.75, 3.05) is 13.1 Å². The maximum Gasteiger partial charge on any atom is 0.0175 e. The first-order chi connectivity index (χ1) is 6.49. The van der Waals surface area contributed by atoms with Crippen LogP contribution in [-0.4, -0.2) is 18.0 Å². The Kier molecular flexibility index (Phi) is 5.90. The molecule has 1 rings (SSSR count). The molecule has 1 nitrogen and oxygen atoms in total. The molecular formula is C13H27N. The Balaban J connectivity index is 0.000000791. The topological polar surface area (TPSA) is 3.24 Å². The highest BCUT2D eigenvalue weighted by Gasteiger charge is 2.18. The fourth-order valence-corrected chi connectivity index (χ4v) is 1.76. The fraction of sp³-hybridized carbons (Fsp3) is 0.846. The summed E-state index contributed by atoms with van der Waals surface area (Å²) in [5.74, 6) is 0. The van der Waals surface area contributed by atoms with Gasteiger partial charge in [-0.05, 0) is 24.7 Å². The molecule has 0 saturated carbocycles. The van der Waals surface area contributed by atoms with Crippen LogP contribution in [0.25, 0.3) is 0 Å². The van der Waals surface area contributed by atoms with Crippen LogP contribution in [0.4, 0.5) is 0 Å². The number of hydrogen-bond donors (Lipinski definition) is 0. The SMILES string of the molecule is C=C(CC(C)(C)C)N1CCCC1.CC. The monoisotopic (exact) mass is 197 g/mol. The van der Waals surface area contributed by atoms with Gasteiger partial charge in [-0.3, -0.25) is 0 Å². The third-order valence-corrected chi connectivity index (χ3v) is 2.29. The Morgan fingerprint density at radius 2 is 1.57 bits per heavy atom. The summed E-state index contributed by atoms with van der Waals surface area (Å²) in [7, 11) is 0. The highest BCUT2D eigenvalue weighted by Crippen LogP contribution is 2.26. The normalized spacial score (nSPS) is 16.2. The molecule has 0 aromatic heterocycles. The Labute approximate surface area is 90.2 Å². The van der Waals surface area contributed by atoms with Crippen LogP contribution in [-0.2, 0) is 0 Å². The van der Waals surface area contributed by atoms with E-state index >= 15 is 0 Å². The molecule has 1 heterocycles. The van der Waals surface area contributed by atoms with Crippen molar-refractivity contribution in [2.24, 2.45) is 5.41 Å². The predicted octanol–water partition coefficient (Wildman–Crippen LogP) is 4.06. The van der Waals surface area contributed by atoms with Gasteiger partial charge >= 0.3 is 0 Å². The standard InChI is InChI=1S/C11H21N.C2H6/c1-10(9-11(2,3)4)12-7-5-6-8-12;1-2/h1,5-9H2,2-4H3;1-2H3. The minimum absolute atomic E-state index is 0.389. The average molecular weight is 197 g/mol. The minimum atomic E-state index is 0.389. The van der Waals surface area contributed by atoms with Gasteiger partial charge in [-0.25, -0.2) is 0 Å². The van der Waals surface area contributed by atoms with E-state index in [-0.39, 0.29) is 0 Å². The second-order valence-electron chi connectivity index (χ2n) is 5.00. The molecule has 0 aliphatic carbocycles. The molecule has 0 bridgehead atoms. The number of nitrogens with zero attached hydrogens (tertiary/aromatic N) is 1. The van der Waals surface area contributed by atoms with Gasteiger partial charge in [0.2, 0.25) is 0 Å². The number of rotatable bonds is 2. The molecule has 0 spiro atoms. The van der Waals surface area contributed by atoms with Crippen molar-refractivity contribution in [3.8, 4) is 0 Å². The lowest BCUT2D eigenvalue weighted by Gasteiger charge is -2.26. The van der Waals surface area contributed by atoms with Crippen LogP contribution >= 0.6 is 0 Å². The second kappa shape index (κ2) is 6.10. The molecule has 1 saturated heterocycles. The lowest BCUT2D eigenvalue weighted by molar-refractivity contribution is 0.329. The molecule has 0 aromatic rings. The van der Waals surface area contributed by atoms with E-state index in [1.54, 1.807) is 0 Å². The first-order valence-corrected chi connectivity index (χ1v) is 5.92. The molecular weight excluding hydrogens is 170 g/mol. The van der Waals surface area contributed by atoms with Gasteiger partial charge in [0.25, 0.3) is 0 Å². The molecule has 84 valence electrons. The van der Waals surface area contributed by atoms with Crippen molar-refractivity contribution >= 4 is 0 Å². The van der Waals surface area contributed by atoms with E-state index in [0.717, 1.165) is 6.42 Å². The van der Waals surface area contributed by atoms with Crippen LogP contribution < -0.4 is 0 Å². The van der Waals surface area contributed by atoms with E-state index in [1.807, 2.05) is 13.8 Å². The van der Waals surface area contributed by atoms with Crippen molar-refractivity contribution in [2.45, 2.75) is 53.9 Å². The lowest BCUT2D eigenvalue weighted by Crippen LogP contribution is -2.21. The summed E-state index contributed by atoms with van der Waals surface area (Å²) in [5, 5.41) is 0. The van der Waals surface area contributed by atoms with Crippen molar-refractivity contribution < 1.29 is 0 Å². The maximum absolute atomic E-state index is 4.15. The molecule has 1 aliphatic heterocycles. The van der Waals surface area contributed by atoms with Crippen molar-refractivity contribution in [3.63, 3.8) is 0 Å². The molecule has 0 aromatic carbocycles. The molecule has 0 radical (unpaired) electrons. The smallest absolute Gasteiger partial charge is 0.0175 e. The molecule has 0 N–H and O–H groups in total. The van der Waals surface area contributed by atoms with E-state index < -0.39 is 0 Å². The maximum atomic E-state index is 4.15. The van der Waals surface area contributed by atoms with Gasteiger partial charge in [-0.2, -0.15) is 0 Å². The Morgan fingerprint density at radius 1 is 1.14 bits per heavy atom. The third-order valence-electron chi connectivity index (χ3n) is 2.29. The van der Waals surface area contributed by atoms with Gasteiger partial charge in [0, 0.05) is 18.8 Å². The van der Waals surface area contributed by atoms with Crippen molar-refractivity contribution in [1.82, 2.24) is 4.90 Å². The lowest BCUT2D eigenvalue weighted by atomic mass is 9.90. The first-order valence-electron chi connectivity index (χ1n) is 5.92. The van der Waals surface area contributed by atoms with Crippen LogP contribution in [0.15, 0.2) is 12.3 Å². The highest BCUT2D eigenvalue weighted by atomic mass is 15.1. The van der Waals surface area contributed by atoms with Crippen LogP contribution in [0, 0.1) is 5.41 Å². The average Bonchev–Trinajstić information content (AvgIpc) is 2.56. The summed E-state index contributed by atoms with van der Waals surface area (Å²) in [4.78, 5) is 2.44. The number of hydrogen-bond acceptors (Lipinski definition) is 1. The summed E-state index contributed by atoms with van der Waals surface area (Å²) < 4.78 is 0. The highest BCUT2D eigenvalue weighted by molar-refractivity contribution is 4.98. The summed E-state index contributed by atoms with van der Waals surface area (Å²) in [6, 6.07) is 0. The zero-order chi connectivity index (χ0) is 11.2. The summed E-state index contributed by atoms with van der Waals surface area (Å²) in [5.41, 5.74) is 1.72. The molecule has 14 heavy (non-hydrogen) atoms.